The maximum atomic E-state index is 12.1. The van der Waals surface area contributed by atoms with Crippen LogP contribution < -0.4 is 16.2 Å². The van der Waals surface area contributed by atoms with E-state index in [-0.39, 0.29) is 6.10 Å². The van der Waals surface area contributed by atoms with Crippen LogP contribution in [-0.2, 0) is 6.42 Å². The molecule has 0 fully saturated rings. The average molecular weight is 342 g/mol. The van der Waals surface area contributed by atoms with Gasteiger partial charge in [-0.2, -0.15) is 0 Å². The van der Waals surface area contributed by atoms with E-state index >= 15 is 0 Å². The molecule has 0 radical (unpaired) electrons. The minimum Gasteiger partial charge on any atom is -0.490 e. The monoisotopic (exact) mass is 342 g/mol. The van der Waals surface area contributed by atoms with E-state index in [9.17, 15) is 4.79 Å². The van der Waals surface area contributed by atoms with Crippen LogP contribution in [0.15, 0.2) is 24.3 Å². The molecule has 0 unspecified atom stereocenters. The van der Waals surface area contributed by atoms with Gasteiger partial charge in [-0.05, 0) is 56.7 Å². The third kappa shape index (κ3) is 4.65. The number of nitrogen functional groups attached to an aromatic ring is 1. The Bertz CT molecular complexity index is 688. The second-order valence-electron chi connectivity index (χ2n) is 6.84. The highest BCUT2D eigenvalue weighted by Gasteiger charge is 2.23. The molecule has 1 aromatic carbocycles. The standard InChI is InChI=1S/C21H30N2O2/c1-4-5-7-12-16-13-17(25-14(2)3)18(15-10-8-6-9-11-15)20(22)19(16)21(23)24/h6,8,10,13-14H,4-5,7,9,11-12,22H2,1-3H3,(H2,23,24). The van der Waals surface area contributed by atoms with E-state index in [0.29, 0.717) is 11.3 Å². The Balaban J connectivity index is 2.59. The fraction of sp³-hybridized carbons (Fsp3) is 0.476. The highest BCUT2D eigenvalue weighted by molar-refractivity contribution is 6.03. The van der Waals surface area contributed by atoms with Gasteiger partial charge in [0.25, 0.3) is 5.91 Å². The van der Waals surface area contributed by atoms with E-state index in [1.54, 1.807) is 0 Å². The van der Waals surface area contributed by atoms with Crippen molar-refractivity contribution in [2.45, 2.75) is 65.4 Å². The second-order valence-corrected chi connectivity index (χ2v) is 6.84. The van der Waals surface area contributed by atoms with Crippen molar-refractivity contribution in [3.05, 3.63) is 41.0 Å². The number of benzene rings is 1. The van der Waals surface area contributed by atoms with Crippen LogP contribution in [0, 0.1) is 0 Å². The number of unbranched alkanes of at least 4 members (excludes halogenated alkanes) is 2. The lowest BCUT2D eigenvalue weighted by molar-refractivity contribution is 0.1000. The summed E-state index contributed by atoms with van der Waals surface area (Å²) < 4.78 is 6.06. The van der Waals surface area contributed by atoms with Crippen LogP contribution in [-0.4, -0.2) is 12.0 Å². The van der Waals surface area contributed by atoms with Gasteiger partial charge in [0.2, 0.25) is 0 Å². The lowest BCUT2D eigenvalue weighted by atomic mass is 9.89. The molecule has 0 heterocycles. The molecule has 1 aromatic rings. The maximum Gasteiger partial charge on any atom is 0.251 e. The molecule has 1 aliphatic carbocycles. The summed E-state index contributed by atoms with van der Waals surface area (Å²) in [7, 11) is 0. The third-order valence-corrected chi connectivity index (χ3v) is 4.41. The lowest BCUT2D eigenvalue weighted by Gasteiger charge is -2.23. The number of aryl methyl sites for hydroxylation is 1. The smallest absolute Gasteiger partial charge is 0.251 e. The topological polar surface area (TPSA) is 78.3 Å². The van der Waals surface area contributed by atoms with Crippen molar-refractivity contribution in [2.75, 3.05) is 5.73 Å². The van der Waals surface area contributed by atoms with Gasteiger partial charge >= 0.3 is 0 Å². The van der Waals surface area contributed by atoms with Gasteiger partial charge in [-0.3, -0.25) is 4.79 Å². The molecule has 4 N–H and O–H groups in total. The molecule has 0 bridgehead atoms. The van der Waals surface area contributed by atoms with E-state index in [4.69, 9.17) is 16.2 Å². The van der Waals surface area contributed by atoms with Crippen LogP contribution in [0.2, 0.25) is 0 Å². The normalized spacial score (nSPS) is 13.8. The Hall–Kier alpha value is -2.23. The van der Waals surface area contributed by atoms with E-state index in [2.05, 4.69) is 13.0 Å². The Morgan fingerprint density at radius 1 is 1.32 bits per heavy atom. The summed E-state index contributed by atoms with van der Waals surface area (Å²) in [4.78, 5) is 12.1. The van der Waals surface area contributed by atoms with Crippen molar-refractivity contribution in [1.82, 2.24) is 0 Å². The van der Waals surface area contributed by atoms with E-state index in [1.807, 2.05) is 32.1 Å². The fourth-order valence-electron chi connectivity index (χ4n) is 3.28. The largest absolute Gasteiger partial charge is 0.490 e. The number of amides is 1. The van der Waals surface area contributed by atoms with Gasteiger partial charge in [-0.25, -0.2) is 0 Å². The van der Waals surface area contributed by atoms with Crippen molar-refractivity contribution >= 4 is 17.2 Å². The van der Waals surface area contributed by atoms with Crippen LogP contribution >= 0.6 is 0 Å². The maximum absolute atomic E-state index is 12.1. The lowest BCUT2D eigenvalue weighted by Crippen LogP contribution is -2.19. The van der Waals surface area contributed by atoms with Crippen LogP contribution in [0.1, 0.15) is 74.4 Å². The molecule has 0 saturated heterocycles. The predicted octanol–water partition coefficient (Wildman–Crippen LogP) is 4.62. The molecule has 136 valence electrons. The van der Waals surface area contributed by atoms with E-state index in [0.717, 1.165) is 61.0 Å². The summed E-state index contributed by atoms with van der Waals surface area (Å²) in [5.41, 5.74) is 15.9. The number of primary amides is 1. The number of ether oxygens (including phenoxy) is 1. The molecule has 4 heteroatoms. The molecular weight excluding hydrogens is 312 g/mol. The Morgan fingerprint density at radius 3 is 2.64 bits per heavy atom. The molecule has 4 nitrogen and oxygen atoms in total. The van der Waals surface area contributed by atoms with Gasteiger partial charge in [0, 0.05) is 5.56 Å². The van der Waals surface area contributed by atoms with Crippen molar-refractivity contribution in [2.24, 2.45) is 5.73 Å². The first-order chi connectivity index (χ1) is 12.0. The fourth-order valence-corrected chi connectivity index (χ4v) is 3.28. The quantitative estimate of drug-likeness (QED) is 0.534. The van der Waals surface area contributed by atoms with Crippen molar-refractivity contribution in [3.63, 3.8) is 0 Å². The predicted molar refractivity (Wildman–Crippen MR) is 105 cm³/mol. The van der Waals surface area contributed by atoms with Gasteiger partial charge in [0.1, 0.15) is 5.75 Å². The molecule has 1 aliphatic rings. The summed E-state index contributed by atoms with van der Waals surface area (Å²) >= 11 is 0. The summed E-state index contributed by atoms with van der Waals surface area (Å²) in [5.74, 6) is 0.291. The summed E-state index contributed by atoms with van der Waals surface area (Å²) in [6.45, 7) is 6.14. The number of carbonyl (C=O) groups is 1. The summed E-state index contributed by atoms with van der Waals surface area (Å²) in [6, 6.07) is 1.97. The molecule has 1 amide bonds. The average Bonchev–Trinajstić information content (AvgIpc) is 2.55. The van der Waals surface area contributed by atoms with Gasteiger partial charge in [-0.1, -0.05) is 38.0 Å². The molecule has 25 heavy (non-hydrogen) atoms. The van der Waals surface area contributed by atoms with Crippen LogP contribution in [0.3, 0.4) is 0 Å². The van der Waals surface area contributed by atoms with Gasteiger partial charge < -0.3 is 16.2 Å². The third-order valence-electron chi connectivity index (χ3n) is 4.41. The zero-order chi connectivity index (χ0) is 18.4. The number of anilines is 1. The minimum absolute atomic E-state index is 0.0285. The van der Waals surface area contributed by atoms with E-state index in [1.165, 1.54) is 0 Å². The molecule has 0 atom stereocenters. The van der Waals surface area contributed by atoms with Crippen LogP contribution in [0.4, 0.5) is 5.69 Å². The van der Waals surface area contributed by atoms with E-state index < -0.39 is 5.91 Å². The summed E-state index contributed by atoms with van der Waals surface area (Å²) in [6.07, 6.45) is 12.1. The Kier molecular flexibility index (Phi) is 6.68. The highest BCUT2D eigenvalue weighted by Crippen LogP contribution is 2.40. The second kappa shape index (κ2) is 8.75. The molecule has 0 spiro atoms. The Labute approximate surface area is 150 Å². The number of carbonyl (C=O) groups excluding carboxylic acids is 1. The van der Waals surface area contributed by atoms with Crippen molar-refractivity contribution in [3.8, 4) is 5.75 Å². The molecular formula is C21H30N2O2. The number of hydrogen-bond acceptors (Lipinski definition) is 3. The Morgan fingerprint density at radius 2 is 2.08 bits per heavy atom. The van der Waals surface area contributed by atoms with Gasteiger partial charge in [0.15, 0.2) is 0 Å². The zero-order valence-corrected chi connectivity index (χ0v) is 15.6. The summed E-state index contributed by atoms with van der Waals surface area (Å²) in [5, 5.41) is 0. The molecule has 2 rings (SSSR count). The number of nitrogens with two attached hydrogens (primary N) is 2. The van der Waals surface area contributed by atoms with Crippen LogP contribution in [0.25, 0.3) is 5.57 Å². The SMILES string of the molecule is CCCCCc1cc(OC(C)C)c(C2=CC=CCC2)c(N)c1C(N)=O. The first-order valence-electron chi connectivity index (χ1n) is 9.23. The molecule has 0 aliphatic heterocycles. The van der Waals surface area contributed by atoms with Crippen molar-refractivity contribution in [1.29, 1.82) is 0 Å². The minimum atomic E-state index is -0.465. The molecule has 0 aromatic heterocycles. The zero-order valence-electron chi connectivity index (χ0n) is 15.6. The number of allylic oxidation sites excluding steroid dienone is 4. The highest BCUT2D eigenvalue weighted by atomic mass is 16.5. The molecule has 0 saturated carbocycles. The van der Waals surface area contributed by atoms with Gasteiger partial charge in [-0.15, -0.1) is 0 Å². The first-order valence-corrected chi connectivity index (χ1v) is 9.23. The number of hydrogen-bond donors (Lipinski definition) is 2. The van der Waals surface area contributed by atoms with Crippen molar-refractivity contribution < 1.29 is 9.53 Å². The van der Waals surface area contributed by atoms with Gasteiger partial charge in [0.05, 0.1) is 17.4 Å². The van der Waals surface area contributed by atoms with Crippen LogP contribution in [0.5, 0.6) is 5.75 Å². The first kappa shape index (κ1) is 19.1. The number of rotatable bonds is 8.